The van der Waals surface area contributed by atoms with Crippen LogP contribution in [0.1, 0.15) is 6.92 Å². The van der Waals surface area contributed by atoms with Crippen LogP contribution < -0.4 is 10.2 Å². The van der Waals surface area contributed by atoms with Gasteiger partial charge in [-0.2, -0.15) is 0 Å². The van der Waals surface area contributed by atoms with Gasteiger partial charge in [0, 0.05) is 13.2 Å². The predicted octanol–water partition coefficient (Wildman–Crippen LogP) is 1.40. The predicted molar refractivity (Wildman–Crippen MR) is 64.9 cm³/mol. The summed E-state index contributed by atoms with van der Waals surface area (Å²) in [5, 5.41) is 2.60. The van der Waals surface area contributed by atoms with Crippen molar-refractivity contribution in [1.29, 1.82) is 0 Å². The van der Waals surface area contributed by atoms with Gasteiger partial charge >= 0.3 is 6.03 Å². The molecule has 1 N–H and O–H groups in total. The molecule has 1 aromatic carbocycles. The summed E-state index contributed by atoms with van der Waals surface area (Å²) in [4.78, 5) is 23.6. The van der Waals surface area contributed by atoms with Gasteiger partial charge in [-0.1, -0.05) is 18.2 Å². The van der Waals surface area contributed by atoms with Crippen LogP contribution in [0.3, 0.4) is 0 Å². The molecule has 17 heavy (non-hydrogen) atoms. The van der Waals surface area contributed by atoms with Crippen molar-refractivity contribution in [3.8, 4) is 0 Å². The summed E-state index contributed by atoms with van der Waals surface area (Å²) < 4.78 is 5.08. The van der Waals surface area contributed by atoms with Crippen LogP contribution in [0.15, 0.2) is 30.3 Å². The Balaban J connectivity index is 2.50. The van der Waals surface area contributed by atoms with E-state index in [1.165, 1.54) is 0 Å². The van der Waals surface area contributed by atoms with Crippen LogP contribution in [0.25, 0.3) is 0 Å². The zero-order valence-electron chi connectivity index (χ0n) is 9.76. The first-order valence-corrected chi connectivity index (χ1v) is 5.44. The number of ether oxygens (including phenoxy) is 1. The van der Waals surface area contributed by atoms with Crippen molar-refractivity contribution in [2.24, 2.45) is 0 Å². The SMILES string of the molecule is CCOCCNC(=O)N(C=O)c1ccccc1. The minimum absolute atomic E-state index is 0.379. The van der Waals surface area contributed by atoms with Crippen molar-refractivity contribution in [1.82, 2.24) is 5.32 Å². The molecule has 5 heteroatoms. The molecule has 3 amide bonds. The molecule has 0 saturated carbocycles. The molecule has 0 heterocycles. The molecule has 0 radical (unpaired) electrons. The standard InChI is InChI=1S/C12H16N2O3/c1-2-17-9-8-13-12(16)14(10-15)11-6-4-3-5-7-11/h3-7,10H,2,8-9H2,1H3,(H,13,16). The summed E-state index contributed by atoms with van der Waals surface area (Å²) in [6.07, 6.45) is 0.491. The van der Waals surface area contributed by atoms with Crippen LogP contribution in [0.2, 0.25) is 0 Å². The Hall–Kier alpha value is -1.88. The Kier molecular flexibility index (Phi) is 5.74. The Morgan fingerprint density at radius 1 is 1.41 bits per heavy atom. The first kappa shape index (κ1) is 13.2. The van der Waals surface area contributed by atoms with Gasteiger partial charge in [0.25, 0.3) is 0 Å². The zero-order chi connectivity index (χ0) is 12.5. The van der Waals surface area contributed by atoms with E-state index in [0.29, 0.717) is 31.9 Å². The van der Waals surface area contributed by atoms with E-state index in [0.717, 1.165) is 4.90 Å². The lowest BCUT2D eigenvalue weighted by Gasteiger charge is -2.16. The number of para-hydroxylation sites is 1. The van der Waals surface area contributed by atoms with Crippen LogP contribution in [-0.2, 0) is 9.53 Å². The summed E-state index contributed by atoms with van der Waals surface area (Å²) in [5.41, 5.74) is 0.538. The van der Waals surface area contributed by atoms with Gasteiger partial charge in [-0.25, -0.2) is 9.69 Å². The van der Waals surface area contributed by atoms with E-state index < -0.39 is 6.03 Å². The number of urea groups is 1. The minimum Gasteiger partial charge on any atom is -0.380 e. The fraction of sp³-hybridized carbons (Fsp3) is 0.333. The smallest absolute Gasteiger partial charge is 0.328 e. The highest BCUT2D eigenvalue weighted by Gasteiger charge is 2.13. The summed E-state index contributed by atoms with van der Waals surface area (Å²) in [6, 6.07) is 8.27. The number of benzene rings is 1. The van der Waals surface area contributed by atoms with Gasteiger partial charge in [-0.15, -0.1) is 0 Å². The second-order valence-corrected chi connectivity index (χ2v) is 3.24. The van der Waals surface area contributed by atoms with E-state index in [9.17, 15) is 9.59 Å². The third-order valence-electron chi connectivity index (χ3n) is 2.09. The first-order chi connectivity index (χ1) is 8.29. The van der Waals surface area contributed by atoms with E-state index in [-0.39, 0.29) is 0 Å². The van der Waals surface area contributed by atoms with Gasteiger partial charge in [0.2, 0.25) is 6.41 Å². The molecule has 0 aliphatic heterocycles. The van der Waals surface area contributed by atoms with E-state index in [1.807, 2.05) is 13.0 Å². The maximum atomic E-state index is 11.7. The Bertz CT molecular complexity index is 354. The Labute approximate surface area is 100 Å². The average molecular weight is 236 g/mol. The van der Waals surface area contributed by atoms with E-state index >= 15 is 0 Å². The van der Waals surface area contributed by atoms with Crippen molar-refractivity contribution in [3.63, 3.8) is 0 Å². The van der Waals surface area contributed by atoms with Crippen molar-refractivity contribution < 1.29 is 14.3 Å². The maximum Gasteiger partial charge on any atom is 0.328 e. The lowest BCUT2D eigenvalue weighted by atomic mass is 10.3. The van der Waals surface area contributed by atoms with Crippen molar-refractivity contribution in [3.05, 3.63) is 30.3 Å². The Morgan fingerprint density at radius 2 is 2.12 bits per heavy atom. The van der Waals surface area contributed by atoms with E-state index in [1.54, 1.807) is 24.3 Å². The number of amides is 3. The minimum atomic E-state index is -0.453. The van der Waals surface area contributed by atoms with Crippen LogP contribution in [0, 0.1) is 0 Å². The molecule has 0 aliphatic rings. The monoisotopic (exact) mass is 236 g/mol. The highest BCUT2D eigenvalue weighted by molar-refractivity contribution is 6.05. The fourth-order valence-corrected chi connectivity index (χ4v) is 1.27. The molecule has 1 rings (SSSR count). The molecular formula is C12H16N2O3. The van der Waals surface area contributed by atoms with Crippen molar-refractivity contribution in [2.75, 3.05) is 24.7 Å². The van der Waals surface area contributed by atoms with Crippen LogP contribution >= 0.6 is 0 Å². The number of nitrogens with one attached hydrogen (secondary N) is 1. The molecule has 1 aromatic rings. The summed E-state index contributed by atoms with van der Waals surface area (Å²) in [6.45, 7) is 3.29. The molecule has 0 unspecified atom stereocenters. The number of hydrogen-bond donors (Lipinski definition) is 1. The topological polar surface area (TPSA) is 58.6 Å². The fourth-order valence-electron chi connectivity index (χ4n) is 1.27. The number of hydrogen-bond acceptors (Lipinski definition) is 3. The molecule has 0 aliphatic carbocycles. The summed E-state index contributed by atoms with van der Waals surface area (Å²) in [5.74, 6) is 0. The second-order valence-electron chi connectivity index (χ2n) is 3.24. The third kappa shape index (κ3) is 4.24. The lowest BCUT2D eigenvalue weighted by molar-refractivity contribution is -0.106. The molecule has 0 spiro atoms. The molecule has 0 aromatic heterocycles. The highest BCUT2D eigenvalue weighted by Crippen LogP contribution is 2.10. The number of anilines is 1. The number of carbonyl (C=O) groups is 2. The van der Waals surface area contributed by atoms with Gasteiger partial charge < -0.3 is 10.1 Å². The molecule has 92 valence electrons. The second kappa shape index (κ2) is 7.40. The first-order valence-electron chi connectivity index (χ1n) is 5.44. The maximum absolute atomic E-state index is 11.7. The van der Waals surface area contributed by atoms with Gasteiger partial charge in [0.15, 0.2) is 0 Å². The van der Waals surface area contributed by atoms with E-state index in [4.69, 9.17) is 4.74 Å². The molecule has 0 fully saturated rings. The van der Waals surface area contributed by atoms with Crippen molar-refractivity contribution in [2.45, 2.75) is 6.92 Å². The van der Waals surface area contributed by atoms with Crippen molar-refractivity contribution >= 4 is 18.1 Å². The molecular weight excluding hydrogens is 220 g/mol. The quantitative estimate of drug-likeness (QED) is 0.600. The average Bonchev–Trinajstić information content (AvgIpc) is 2.37. The molecule has 5 nitrogen and oxygen atoms in total. The lowest BCUT2D eigenvalue weighted by Crippen LogP contribution is -2.40. The molecule has 0 saturated heterocycles. The van der Waals surface area contributed by atoms with Gasteiger partial charge in [0.1, 0.15) is 0 Å². The molecule has 0 bridgehead atoms. The number of rotatable bonds is 6. The summed E-state index contributed by atoms with van der Waals surface area (Å²) in [7, 11) is 0. The normalized spacial score (nSPS) is 9.71. The number of imide groups is 1. The van der Waals surface area contributed by atoms with E-state index in [2.05, 4.69) is 5.32 Å². The van der Waals surface area contributed by atoms with Gasteiger partial charge in [-0.3, -0.25) is 4.79 Å². The number of nitrogens with zero attached hydrogens (tertiary/aromatic N) is 1. The third-order valence-corrected chi connectivity index (χ3v) is 2.09. The van der Waals surface area contributed by atoms with Crippen LogP contribution in [0.4, 0.5) is 10.5 Å². The highest BCUT2D eigenvalue weighted by atomic mass is 16.5. The largest absolute Gasteiger partial charge is 0.380 e. The van der Waals surface area contributed by atoms with Crippen LogP contribution in [0.5, 0.6) is 0 Å². The molecule has 0 atom stereocenters. The number of carbonyl (C=O) groups excluding carboxylic acids is 2. The zero-order valence-corrected chi connectivity index (χ0v) is 9.76. The van der Waals surface area contributed by atoms with Crippen LogP contribution in [-0.4, -0.2) is 32.2 Å². The van der Waals surface area contributed by atoms with Gasteiger partial charge in [0.05, 0.1) is 12.3 Å². The summed E-state index contributed by atoms with van der Waals surface area (Å²) >= 11 is 0. The van der Waals surface area contributed by atoms with Gasteiger partial charge in [-0.05, 0) is 19.1 Å². The Morgan fingerprint density at radius 3 is 2.71 bits per heavy atom.